The molecule has 0 aromatic heterocycles. The molecule has 0 rings (SSSR count). The van der Waals surface area contributed by atoms with Crippen LogP contribution in [0.25, 0.3) is 0 Å². The van der Waals surface area contributed by atoms with Crippen LogP contribution in [0.4, 0.5) is 0 Å². The fourth-order valence-corrected chi connectivity index (χ4v) is 3.59. The van der Waals surface area contributed by atoms with Gasteiger partial charge in [-0.25, -0.2) is 0 Å². The van der Waals surface area contributed by atoms with Crippen LogP contribution >= 0.6 is 0 Å². The van der Waals surface area contributed by atoms with Gasteiger partial charge in [-0.2, -0.15) is 0 Å². The number of hydrogen-bond donors (Lipinski definition) is 10. The van der Waals surface area contributed by atoms with E-state index in [1.54, 1.807) is 6.92 Å². The summed E-state index contributed by atoms with van der Waals surface area (Å²) in [4.78, 5) is 0. The SMILES string of the molecule is CCC(O)C(C)(N)C(N)(O)C(CC(O)(CN)NC)(C(C)O)C(O)CCN. The Kier molecular flexibility index (Phi) is 9.05. The molecule has 0 aromatic carbocycles. The van der Waals surface area contributed by atoms with Gasteiger partial charge in [0.1, 0.15) is 11.4 Å². The number of nitrogens with one attached hydrogen (secondary N) is 1. The lowest BCUT2D eigenvalue weighted by molar-refractivity contribution is -0.252. The zero-order valence-electron chi connectivity index (χ0n) is 16.3. The van der Waals surface area contributed by atoms with Crippen LogP contribution in [0.2, 0.25) is 0 Å². The molecule has 0 spiro atoms. The number of aliphatic hydroxyl groups is 5. The third kappa shape index (κ3) is 4.36. The van der Waals surface area contributed by atoms with Gasteiger partial charge in [-0.15, -0.1) is 0 Å². The van der Waals surface area contributed by atoms with E-state index in [0.717, 1.165) is 0 Å². The quantitative estimate of drug-likeness (QED) is 0.150. The first-order valence-corrected chi connectivity index (χ1v) is 8.89. The van der Waals surface area contributed by atoms with E-state index in [1.165, 1.54) is 20.9 Å². The topological polar surface area (TPSA) is 217 Å². The van der Waals surface area contributed by atoms with Gasteiger partial charge < -0.3 is 48.5 Å². The molecule has 7 atom stereocenters. The van der Waals surface area contributed by atoms with Crippen LogP contribution in [-0.4, -0.2) is 81.0 Å². The van der Waals surface area contributed by atoms with Gasteiger partial charge >= 0.3 is 0 Å². The largest absolute Gasteiger partial charge is 0.393 e. The van der Waals surface area contributed by atoms with Crippen molar-refractivity contribution in [3.05, 3.63) is 0 Å². The van der Waals surface area contributed by atoms with Crippen LogP contribution in [0.15, 0.2) is 0 Å². The maximum absolute atomic E-state index is 11.3. The molecule has 14 N–H and O–H groups in total. The molecule has 0 radical (unpaired) electrons. The molecular formula is C16H39N5O5. The molecule has 0 saturated carbocycles. The van der Waals surface area contributed by atoms with Crippen molar-refractivity contribution in [2.45, 2.75) is 75.3 Å². The van der Waals surface area contributed by atoms with Gasteiger partial charge in [0, 0.05) is 13.0 Å². The number of hydrogen-bond acceptors (Lipinski definition) is 10. The molecule has 0 saturated heterocycles. The average Bonchev–Trinajstić information content (AvgIpc) is 2.57. The lowest BCUT2D eigenvalue weighted by atomic mass is 9.57. The molecule has 158 valence electrons. The second kappa shape index (κ2) is 9.20. The summed E-state index contributed by atoms with van der Waals surface area (Å²) < 4.78 is 0. The molecule has 0 aliphatic heterocycles. The minimum atomic E-state index is -2.50. The van der Waals surface area contributed by atoms with E-state index in [1.807, 2.05) is 0 Å². The first kappa shape index (κ1) is 25.6. The zero-order chi connectivity index (χ0) is 21.0. The van der Waals surface area contributed by atoms with Gasteiger partial charge in [0.15, 0.2) is 0 Å². The summed E-state index contributed by atoms with van der Waals surface area (Å²) >= 11 is 0. The van der Waals surface area contributed by atoms with Gasteiger partial charge in [0.25, 0.3) is 0 Å². The van der Waals surface area contributed by atoms with E-state index in [9.17, 15) is 25.5 Å². The Morgan fingerprint density at radius 3 is 1.85 bits per heavy atom. The minimum absolute atomic E-state index is 0.0317. The van der Waals surface area contributed by atoms with Crippen molar-refractivity contribution in [1.29, 1.82) is 0 Å². The van der Waals surface area contributed by atoms with E-state index in [4.69, 9.17) is 22.9 Å². The molecular weight excluding hydrogens is 342 g/mol. The average molecular weight is 382 g/mol. The number of aliphatic hydroxyl groups excluding tert-OH is 3. The molecule has 0 fully saturated rings. The first-order chi connectivity index (χ1) is 11.7. The van der Waals surface area contributed by atoms with Crippen LogP contribution in [0.5, 0.6) is 0 Å². The Hall–Kier alpha value is -0.400. The van der Waals surface area contributed by atoms with E-state index < -0.39 is 47.1 Å². The smallest absolute Gasteiger partial charge is 0.144 e. The van der Waals surface area contributed by atoms with Gasteiger partial charge in [-0.1, -0.05) is 6.92 Å². The Bertz CT molecular complexity index is 431. The maximum Gasteiger partial charge on any atom is 0.144 e. The normalized spacial score (nSPS) is 25.3. The van der Waals surface area contributed by atoms with Crippen LogP contribution in [0.1, 0.15) is 40.0 Å². The van der Waals surface area contributed by atoms with Crippen LogP contribution in [-0.2, 0) is 0 Å². The highest BCUT2D eigenvalue weighted by atomic mass is 16.3. The van der Waals surface area contributed by atoms with Gasteiger partial charge in [0.2, 0.25) is 0 Å². The van der Waals surface area contributed by atoms with E-state index in [0.29, 0.717) is 0 Å². The van der Waals surface area contributed by atoms with E-state index >= 15 is 0 Å². The molecule has 0 aromatic rings. The third-order valence-corrected chi connectivity index (χ3v) is 5.78. The van der Waals surface area contributed by atoms with E-state index in [2.05, 4.69) is 5.32 Å². The van der Waals surface area contributed by atoms with Crippen molar-refractivity contribution in [2.75, 3.05) is 20.1 Å². The number of rotatable bonds is 12. The molecule has 0 aliphatic carbocycles. The van der Waals surface area contributed by atoms with Gasteiger partial charge in [-0.05, 0) is 40.3 Å². The minimum Gasteiger partial charge on any atom is -0.393 e. The highest BCUT2D eigenvalue weighted by Gasteiger charge is 2.65. The summed E-state index contributed by atoms with van der Waals surface area (Å²) in [7, 11) is 1.44. The molecule has 0 heterocycles. The molecule has 0 bridgehead atoms. The zero-order valence-corrected chi connectivity index (χ0v) is 16.3. The summed E-state index contributed by atoms with van der Waals surface area (Å²) in [6.07, 6.45) is -4.43. The van der Waals surface area contributed by atoms with Crippen molar-refractivity contribution in [3.63, 3.8) is 0 Å². The van der Waals surface area contributed by atoms with Crippen molar-refractivity contribution in [1.82, 2.24) is 5.32 Å². The highest BCUT2D eigenvalue weighted by molar-refractivity contribution is 5.16. The molecule has 0 aliphatic rings. The summed E-state index contributed by atoms with van der Waals surface area (Å²) in [5, 5.41) is 56.4. The second-order valence-corrected chi connectivity index (χ2v) is 7.45. The standard InChI is InChI=1S/C16H39N5O5/c1-5-11(23)13(3,19)16(20,26)15(10(2)22,12(24)6-7-17)8-14(25,9-18)21-4/h10-12,21-26H,5-9,17-20H2,1-4H3. The maximum atomic E-state index is 11.3. The van der Waals surface area contributed by atoms with Crippen LogP contribution in [0, 0.1) is 5.41 Å². The Morgan fingerprint density at radius 2 is 1.54 bits per heavy atom. The monoisotopic (exact) mass is 381 g/mol. The molecule has 0 amide bonds. The fraction of sp³-hybridized carbons (Fsp3) is 1.00. The fourth-order valence-electron chi connectivity index (χ4n) is 3.59. The highest BCUT2D eigenvalue weighted by Crippen LogP contribution is 2.48. The van der Waals surface area contributed by atoms with E-state index in [-0.39, 0.29) is 25.9 Å². The Balaban J connectivity index is 6.61. The number of nitrogens with two attached hydrogens (primary N) is 4. The molecule has 7 unspecified atom stereocenters. The molecule has 10 nitrogen and oxygen atoms in total. The predicted molar refractivity (Wildman–Crippen MR) is 99.5 cm³/mol. The lowest BCUT2D eigenvalue weighted by Crippen LogP contribution is -2.81. The predicted octanol–water partition coefficient (Wildman–Crippen LogP) is -3.54. The summed E-state index contributed by atoms with van der Waals surface area (Å²) in [6, 6.07) is 0. The Morgan fingerprint density at radius 1 is 1.04 bits per heavy atom. The van der Waals surface area contributed by atoms with Gasteiger partial charge in [-0.3, -0.25) is 5.32 Å². The van der Waals surface area contributed by atoms with Crippen molar-refractivity contribution >= 4 is 0 Å². The first-order valence-electron chi connectivity index (χ1n) is 8.89. The van der Waals surface area contributed by atoms with Crippen molar-refractivity contribution < 1.29 is 25.5 Å². The van der Waals surface area contributed by atoms with Crippen molar-refractivity contribution in [2.24, 2.45) is 28.3 Å². The number of likely N-dealkylation sites (N-methyl/N-ethyl adjacent to an activating group) is 1. The molecule has 26 heavy (non-hydrogen) atoms. The summed E-state index contributed by atoms with van der Waals surface area (Å²) in [5.74, 6) is 0. The molecule has 10 heteroatoms. The van der Waals surface area contributed by atoms with Crippen molar-refractivity contribution in [3.8, 4) is 0 Å². The van der Waals surface area contributed by atoms with Gasteiger partial charge in [0.05, 0.1) is 29.3 Å². The van der Waals surface area contributed by atoms with Crippen LogP contribution in [0.3, 0.4) is 0 Å². The Labute approximate surface area is 155 Å². The summed E-state index contributed by atoms with van der Waals surface area (Å²) in [6.45, 7) is 4.04. The van der Waals surface area contributed by atoms with Crippen LogP contribution < -0.4 is 28.3 Å². The third-order valence-electron chi connectivity index (χ3n) is 5.78. The summed E-state index contributed by atoms with van der Waals surface area (Å²) in [5.41, 5.74) is 15.5. The lowest BCUT2D eigenvalue weighted by Gasteiger charge is -2.58. The second-order valence-electron chi connectivity index (χ2n) is 7.45.